The fourth-order valence-corrected chi connectivity index (χ4v) is 2.57. The lowest BCUT2D eigenvalue weighted by molar-refractivity contribution is -0.384. The third kappa shape index (κ3) is 5.18. The zero-order valence-corrected chi connectivity index (χ0v) is 16.3. The van der Waals surface area contributed by atoms with Crippen LogP contribution in [0.25, 0.3) is 11.4 Å². The van der Waals surface area contributed by atoms with Crippen molar-refractivity contribution in [3.05, 3.63) is 63.1 Å². The fourth-order valence-electron chi connectivity index (χ4n) is 2.33. The van der Waals surface area contributed by atoms with Gasteiger partial charge in [-0.1, -0.05) is 5.16 Å². The zero-order valence-electron chi connectivity index (χ0n) is 14.7. The summed E-state index contributed by atoms with van der Waals surface area (Å²) in [5, 5.41) is 17.3. The second-order valence-electron chi connectivity index (χ2n) is 5.90. The summed E-state index contributed by atoms with van der Waals surface area (Å²) >= 11 is 3.28. The largest absolute Gasteiger partial charge is 0.338 e. The van der Waals surface area contributed by atoms with Gasteiger partial charge in [0, 0.05) is 28.4 Å². The first-order valence-corrected chi connectivity index (χ1v) is 8.87. The lowest BCUT2D eigenvalue weighted by Gasteiger charge is -2.13. The maximum Gasteiger partial charge on any atom is 0.269 e. The molecule has 0 spiro atoms. The molecule has 0 aliphatic carbocycles. The molecule has 0 unspecified atom stereocenters. The predicted molar refractivity (Wildman–Crippen MR) is 103 cm³/mol. The van der Waals surface area contributed by atoms with Gasteiger partial charge in [0.25, 0.3) is 5.69 Å². The maximum atomic E-state index is 12.1. The molecule has 0 aliphatic heterocycles. The van der Waals surface area contributed by atoms with Gasteiger partial charge < -0.3 is 9.84 Å². The van der Waals surface area contributed by atoms with Crippen molar-refractivity contribution in [2.75, 3.05) is 18.9 Å². The number of amides is 1. The van der Waals surface area contributed by atoms with E-state index in [4.69, 9.17) is 4.52 Å². The molecular weight excluding hydrogens is 432 g/mol. The number of aromatic nitrogens is 3. The highest BCUT2D eigenvalue weighted by Gasteiger charge is 2.14. The zero-order chi connectivity index (χ0) is 20.1. The molecule has 28 heavy (non-hydrogen) atoms. The second kappa shape index (κ2) is 8.67. The number of halogens is 1. The second-order valence-corrected chi connectivity index (χ2v) is 6.81. The van der Waals surface area contributed by atoms with Crippen LogP contribution >= 0.6 is 15.9 Å². The molecule has 2 heterocycles. The molecule has 0 saturated heterocycles. The lowest BCUT2D eigenvalue weighted by Crippen LogP contribution is -2.30. The molecule has 0 saturated carbocycles. The number of nitrogens with zero attached hydrogens (tertiary/aromatic N) is 5. The van der Waals surface area contributed by atoms with Crippen molar-refractivity contribution in [2.45, 2.75) is 6.54 Å². The minimum Gasteiger partial charge on any atom is -0.338 e. The Labute approximate surface area is 167 Å². The number of hydrogen-bond donors (Lipinski definition) is 1. The van der Waals surface area contributed by atoms with Crippen LogP contribution in [0.2, 0.25) is 0 Å². The summed E-state index contributed by atoms with van der Waals surface area (Å²) in [7, 11) is 1.74. The number of non-ortho nitro benzene ring substituents is 1. The quantitative estimate of drug-likeness (QED) is 0.433. The average Bonchev–Trinajstić information content (AvgIpc) is 3.12. The molecule has 0 atom stereocenters. The molecule has 0 fully saturated rings. The van der Waals surface area contributed by atoms with Gasteiger partial charge in [-0.15, -0.1) is 0 Å². The first kappa shape index (κ1) is 19.6. The third-order valence-electron chi connectivity index (χ3n) is 3.62. The molecule has 10 nitrogen and oxygen atoms in total. The van der Waals surface area contributed by atoms with E-state index in [-0.39, 0.29) is 24.7 Å². The average molecular weight is 447 g/mol. The Kier molecular flexibility index (Phi) is 6.06. The van der Waals surface area contributed by atoms with E-state index in [0.29, 0.717) is 23.1 Å². The molecule has 0 bridgehead atoms. The Hall–Kier alpha value is -3.18. The van der Waals surface area contributed by atoms with Gasteiger partial charge in [0.2, 0.25) is 17.6 Å². The Bertz CT molecular complexity index is 974. The first-order valence-electron chi connectivity index (χ1n) is 8.08. The summed E-state index contributed by atoms with van der Waals surface area (Å²) in [6, 6.07) is 9.32. The van der Waals surface area contributed by atoms with Crippen molar-refractivity contribution in [3.63, 3.8) is 0 Å². The molecule has 3 aromatic rings. The normalized spacial score (nSPS) is 10.8. The first-order chi connectivity index (χ1) is 13.4. The van der Waals surface area contributed by atoms with Crippen LogP contribution in [0.15, 0.2) is 51.6 Å². The van der Waals surface area contributed by atoms with E-state index in [2.05, 4.69) is 36.4 Å². The van der Waals surface area contributed by atoms with Gasteiger partial charge in [0.15, 0.2) is 0 Å². The van der Waals surface area contributed by atoms with Crippen molar-refractivity contribution >= 4 is 33.3 Å². The Morgan fingerprint density at radius 1 is 1.29 bits per heavy atom. The van der Waals surface area contributed by atoms with Crippen molar-refractivity contribution in [2.24, 2.45) is 0 Å². The van der Waals surface area contributed by atoms with Crippen LogP contribution in [0, 0.1) is 10.1 Å². The van der Waals surface area contributed by atoms with Crippen LogP contribution in [0.4, 0.5) is 11.5 Å². The highest BCUT2D eigenvalue weighted by atomic mass is 79.9. The summed E-state index contributed by atoms with van der Waals surface area (Å²) in [6.07, 6.45) is 1.59. The molecular formula is C17H15BrN6O4. The van der Waals surface area contributed by atoms with Gasteiger partial charge in [-0.05, 0) is 47.2 Å². The number of carbonyl (C=O) groups excluding carboxylic acids is 1. The van der Waals surface area contributed by atoms with E-state index < -0.39 is 4.92 Å². The van der Waals surface area contributed by atoms with Crippen LogP contribution in [0.5, 0.6) is 0 Å². The summed E-state index contributed by atoms with van der Waals surface area (Å²) < 4.78 is 6.02. The van der Waals surface area contributed by atoms with Gasteiger partial charge in [-0.2, -0.15) is 4.98 Å². The smallest absolute Gasteiger partial charge is 0.269 e. The molecule has 1 aromatic carbocycles. The van der Waals surface area contributed by atoms with Crippen LogP contribution in [0.1, 0.15) is 5.89 Å². The molecule has 0 radical (unpaired) electrons. The van der Waals surface area contributed by atoms with E-state index >= 15 is 0 Å². The van der Waals surface area contributed by atoms with E-state index in [0.717, 1.165) is 4.47 Å². The number of carbonyl (C=O) groups is 1. The summed E-state index contributed by atoms with van der Waals surface area (Å²) in [4.78, 5) is 32.4. The monoisotopic (exact) mass is 446 g/mol. The van der Waals surface area contributed by atoms with E-state index in [1.54, 1.807) is 42.4 Å². The van der Waals surface area contributed by atoms with Gasteiger partial charge in [-0.3, -0.25) is 19.8 Å². The fraction of sp³-hybridized carbons (Fsp3) is 0.176. The predicted octanol–water partition coefficient (Wildman–Crippen LogP) is 2.87. The minimum atomic E-state index is -0.477. The number of pyridine rings is 1. The maximum absolute atomic E-state index is 12.1. The number of hydrogen-bond acceptors (Lipinski definition) is 8. The molecule has 3 rings (SSSR count). The number of likely N-dealkylation sites (N-methyl/N-ethyl adjacent to an activating group) is 1. The van der Waals surface area contributed by atoms with Gasteiger partial charge in [0.05, 0.1) is 18.0 Å². The Morgan fingerprint density at radius 3 is 2.68 bits per heavy atom. The van der Waals surface area contributed by atoms with E-state index in [1.807, 2.05) is 0 Å². The Morgan fingerprint density at radius 2 is 2.04 bits per heavy atom. The third-order valence-corrected chi connectivity index (χ3v) is 4.09. The molecule has 0 aliphatic rings. The number of nitro benzene ring substituents is 1. The van der Waals surface area contributed by atoms with Crippen LogP contribution in [-0.2, 0) is 11.3 Å². The Balaban J connectivity index is 1.55. The standard InChI is InChI=1S/C17H15BrN6O4/c1-23(9-15(25)20-14-7-4-12(18)8-19-14)10-16-21-17(22-28-16)11-2-5-13(6-3-11)24(26)27/h2-8H,9-10H2,1H3,(H,19,20,25). The lowest BCUT2D eigenvalue weighted by atomic mass is 10.2. The summed E-state index contributed by atoms with van der Waals surface area (Å²) in [6.45, 7) is 0.369. The van der Waals surface area contributed by atoms with Crippen LogP contribution in [0.3, 0.4) is 0 Å². The molecule has 1 N–H and O–H groups in total. The number of anilines is 1. The highest BCUT2D eigenvalue weighted by Crippen LogP contribution is 2.20. The number of benzene rings is 1. The van der Waals surface area contributed by atoms with Gasteiger partial charge in [0.1, 0.15) is 5.82 Å². The van der Waals surface area contributed by atoms with E-state index in [9.17, 15) is 14.9 Å². The molecule has 11 heteroatoms. The topological polar surface area (TPSA) is 127 Å². The number of nitrogens with one attached hydrogen (secondary N) is 1. The van der Waals surface area contributed by atoms with Crippen LogP contribution < -0.4 is 5.32 Å². The van der Waals surface area contributed by atoms with Crippen LogP contribution in [-0.4, -0.2) is 44.4 Å². The van der Waals surface area contributed by atoms with Crippen molar-refractivity contribution in [3.8, 4) is 11.4 Å². The van der Waals surface area contributed by atoms with Gasteiger partial charge >= 0.3 is 0 Å². The van der Waals surface area contributed by atoms with Crippen molar-refractivity contribution in [1.29, 1.82) is 0 Å². The number of rotatable bonds is 7. The highest BCUT2D eigenvalue weighted by molar-refractivity contribution is 9.10. The van der Waals surface area contributed by atoms with Crippen molar-refractivity contribution in [1.82, 2.24) is 20.0 Å². The molecule has 144 valence electrons. The summed E-state index contributed by atoms with van der Waals surface area (Å²) in [5.41, 5.74) is 0.584. The minimum absolute atomic E-state index is 0.0153. The number of nitro groups is 1. The summed E-state index contributed by atoms with van der Waals surface area (Å²) in [5.74, 6) is 0.875. The SMILES string of the molecule is CN(CC(=O)Nc1ccc(Br)cn1)Cc1nc(-c2ccc([N+](=O)[O-])cc2)no1. The molecule has 2 aromatic heterocycles. The van der Waals surface area contributed by atoms with Gasteiger partial charge in [-0.25, -0.2) is 4.98 Å². The van der Waals surface area contributed by atoms with E-state index in [1.165, 1.54) is 12.1 Å². The molecule has 1 amide bonds. The van der Waals surface area contributed by atoms with Crippen molar-refractivity contribution < 1.29 is 14.2 Å².